The molecule has 128 valence electrons. The van der Waals surface area contributed by atoms with Gasteiger partial charge in [-0.05, 0) is 68.5 Å². The van der Waals surface area contributed by atoms with Crippen molar-refractivity contribution in [2.45, 2.75) is 45.6 Å². The molecule has 0 radical (unpaired) electrons. The fourth-order valence-electron chi connectivity index (χ4n) is 3.83. The quantitative estimate of drug-likeness (QED) is 0.693. The van der Waals surface area contributed by atoms with Crippen molar-refractivity contribution in [3.63, 3.8) is 0 Å². The molecule has 0 aromatic heterocycles. The summed E-state index contributed by atoms with van der Waals surface area (Å²) in [6.07, 6.45) is 1.16. The van der Waals surface area contributed by atoms with Gasteiger partial charge in [-0.25, -0.2) is 0 Å². The Balaban J connectivity index is 1.73. The summed E-state index contributed by atoms with van der Waals surface area (Å²) in [5.41, 5.74) is 3.97. The van der Waals surface area contributed by atoms with Crippen LogP contribution >= 0.6 is 11.6 Å². The van der Waals surface area contributed by atoms with E-state index in [9.17, 15) is 0 Å². The van der Waals surface area contributed by atoms with E-state index in [-0.39, 0.29) is 5.54 Å². The number of hydrogen-bond acceptors (Lipinski definition) is 2. The average molecular weight is 344 g/mol. The molecule has 0 saturated carbocycles. The Morgan fingerprint density at radius 1 is 1.21 bits per heavy atom. The lowest BCUT2D eigenvalue weighted by atomic mass is 9.80. The molecule has 0 fully saturated rings. The van der Waals surface area contributed by atoms with Crippen molar-refractivity contribution in [2.24, 2.45) is 0 Å². The molecule has 0 saturated heterocycles. The minimum Gasteiger partial charge on any atom is -0.492 e. The topological polar surface area (TPSA) is 12.5 Å². The van der Waals surface area contributed by atoms with Crippen molar-refractivity contribution in [1.82, 2.24) is 0 Å². The van der Waals surface area contributed by atoms with Gasteiger partial charge in [0.25, 0.3) is 0 Å². The van der Waals surface area contributed by atoms with Crippen LogP contribution in [-0.4, -0.2) is 18.7 Å². The second kappa shape index (κ2) is 6.68. The van der Waals surface area contributed by atoms with Gasteiger partial charge < -0.3 is 9.64 Å². The third-order valence-corrected chi connectivity index (χ3v) is 5.43. The molecule has 1 unspecified atom stereocenters. The Morgan fingerprint density at radius 3 is 2.71 bits per heavy atom. The molecule has 2 aromatic carbocycles. The fourth-order valence-corrected chi connectivity index (χ4v) is 3.95. The highest BCUT2D eigenvalue weighted by atomic mass is 35.5. The first-order chi connectivity index (χ1) is 11.4. The van der Waals surface area contributed by atoms with Gasteiger partial charge in [0, 0.05) is 16.2 Å². The van der Waals surface area contributed by atoms with Crippen LogP contribution in [0.3, 0.4) is 0 Å². The lowest BCUT2D eigenvalue weighted by Gasteiger charge is -2.47. The third-order valence-electron chi connectivity index (χ3n) is 5.01. The van der Waals surface area contributed by atoms with Crippen LogP contribution in [0.2, 0.25) is 5.02 Å². The largest absolute Gasteiger partial charge is 0.492 e. The predicted molar refractivity (Wildman–Crippen MR) is 103 cm³/mol. The molecule has 0 aliphatic carbocycles. The van der Waals surface area contributed by atoms with Crippen molar-refractivity contribution in [1.29, 1.82) is 0 Å². The van der Waals surface area contributed by atoms with Gasteiger partial charge in [-0.1, -0.05) is 36.7 Å². The van der Waals surface area contributed by atoms with Crippen LogP contribution in [0, 0.1) is 6.92 Å². The van der Waals surface area contributed by atoms with E-state index < -0.39 is 0 Å². The van der Waals surface area contributed by atoms with Gasteiger partial charge in [0.1, 0.15) is 12.4 Å². The third kappa shape index (κ3) is 3.39. The Bertz CT molecular complexity index is 726. The monoisotopic (exact) mass is 343 g/mol. The average Bonchev–Trinajstić information content (AvgIpc) is 2.53. The van der Waals surface area contributed by atoms with E-state index in [1.54, 1.807) is 0 Å². The summed E-state index contributed by atoms with van der Waals surface area (Å²) in [6, 6.07) is 14.6. The second-order valence-corrected chi connectivity index (χ2v) is 7.79. The van der Waals surface area contributed by atoms with E-state index in [1.165, 1.54) is 11.3 Å². The lowest BCUT2D eigenvalue weighted by Crippen LogP contribution is -2.50. The van der Waals surface area contributed by atoms with Gasteiger partial charge >= 0.3 is 0 Å². The summed E-state index contributed by atoms with van der Waals surface area (Å²) < 4.78 is 5.98. The van der Waals surface area contributed by atoms with E-state index in [2.05, 4.69) is 49.9 Å². The van der Waals surface area contributed by atoms with Crippen LogP contribution in [0.25, 0.3) is 0 Å². The highest BCUT2D eigenvalue weighted by Gasteiger charge is 2.35. The highest BCUT2D eigenvalue weighted by Crippen LogP contribution is 2.42. The first-order valence-corrected chi connectivity index (χ1v) is 9.02. The lowest BCUT2D eigenvalue weighted by molar-refractivity contribution is 0.294. The number of fused-ring (bicyclic) bond motifs is 1. The Hall–Kier alpha value is -1.67. The first kappa shape index (κ1) is 17.2. The molecule has 0 spiro atoms. The number of rotatable bonds is 4. The van der Waals surface area contributed by atoms with Crippen molar-refractivity contribution >= 4 is 17.3 Å². The molecule has 0 bridgehead atoms. The zero-order valence-electron chi connectivity index (χ0n) is 15.0. The van der Waals surface area contributed by atoms with Gasteiger partial charge in [-0.2, -0.15) is 0 Å². The van der Waals surface area contributed by atoms with Gasteiger partial charge in [0.2, 0.25) is 0 Å². The summed E-state index contributed by atoms with van der Waals surface area (Å²) >= 11 is 6.08. The number of aryl methyl sites for hydroxylation is 1. The van der Waals surface area contributed by atoms with E-state index in [0.29, 0.717) is 12.5 Å². The van der Waals surface area contributed by atoms with Crippen LogP contribution < -0.4 is 9.64 Å². The predicted octanol–water partition coefficient (Wildman–Crippen LogP) is 5.82. The second-order valence-electron chi connectivity index (χ2n) is 7.39. The minimum absolute atomic E-state index is 0.132. The van der Waals surface area contributed by atoms with E-state index in [4.69, 9.17) is 16.3 Å². The number of benzene rings is 2. The van der Waals surface area contributed by atoms with Crippen LogP contribution in [0.5, 0.6) is 5.75 Å². The van der Waals surface area contributed by atoms with E-state index in [0.717, 1.165) is 29.3 Å². The van der Waals surface area contributed by atoms with Crippen LogP contribution in [0.4, 0.5) is 5.69 Å². The zero-order valence-corrected chi connectivity index (χ0v) is 15.7. The molecule has 1 atom stereocenters. The minimum atomic E-state index is 0.132. The van der Waals surface area contributed by atoms with Crippen molar-refractivity contribution < 1.29 is 4.74 Å². The molecule has 1 aliphatic rings. The van der Waals surface area contributed by atoms with E-state index in [1.807, 2.05) is 25.1 Å². The smallest absolute Gasteiger partial charge is 0.119 e. The summed E-state index contributed by atoms with van der Waals surface area (Å²) in [7, 11) is 0. The highest BCUT2D eigenvalue weighted by molar-refractivity contribution is 6.31. The normalized spacial score (nSPS) is 19.0. The molecule has 2 aromatic rings. The van der Waals surface area contributed by atoms with Crippen molar-refractivity contribution in [3.05, 3.63) is 58.6 Å². The maximum Gasteiger partial charge on any atom is 0.119 e. The zero-order chi connectivity index (χ0) is 17.3. The Morgan fingerprint density at radius 2 is 1.96 bits per heavy atom. The number of halogens is 1. The summed E-state index contributed by atoms with van der Waals surface area (Å²) in [5, 5.41) is 0.780. The summed E-state index contributed by atoms with van der Waals surface area (Å²) in [4.78, 5) is 2.49. The van der Waals surface area contributed by atoms with Gasteiger partial charge in [-0.15, -0.1) is 0 Å². The SMILES string of the molecule is Cc1cc(OCCN2c3ccccc3C(C)CC2(C)C)ccc1Cl. The number of para-hydroxylation sites is 1. The number of nitrogens with zero attached hydrogens (tertiary/aromatic N) is 1. The number of hydrogen-bond donors (Lipinski definition) is 0. The molecule has 0 N–H and O–H groups in total. The van der Waals surface area contributed by atoms with Crippen LogP contribution in [-0.2, 0) is 0 Å². The Labute approximate surface area is 150 Å². The van der Waals surface area contributed by atoms with Crippen LogP contribution in [0.15, 0.2) is 42.5 Å². The number of ether oxygens (including phenoxy) is 1. The Kier molecular flexibility index (Phi) is 4.78. The van der Waals surface area contributed by atoms with Crippen LogP contribution in [0.1, 0.15) is 44.2 Å². The maximum atomic E-state index is 6.08. The number of anilines is 1. The molecule has 3 heteroatoms. The molecule has 24 heavy (non-hydrogen) atoms. The molecule has 0 amide bonds. The van der Waals surface area contributed by atoms with E-state index >= 15 is 0 Å². The van der Waals surface area contributed by atoms with Crippen molar-refractivity contribution in [3.8, 4) is 5.75 Å². The standard InChI is InChI=1S/C21H26ClNO/c1-15-13-17(9-10-19(15)22)24-12-11-23-20-8-6-5-7-18(20)16(2)14-21(23,3)4/h5-10,13,16H,11-12,14H2,1-4H3. The van der Waals surface area contributed by atoms with Gasteiger partial charge in [0.15, 0.2) is 0 Å². The van der Waals surface area contributed by atoms with Gasteiger partial charge in [0.05, 0.1) is 6.54 Å². The molecular formula is C21H26ClNO. The molecule has 1 heterocycles. The first-order valence-electron chi connectivity index (χ1n) is 8.64. The molecular weight excluding hydrogens is 318 g/mol. The fraction of sp³-hybridized carbons (Fsp3) is 0.429. The summed E-state index contributed by atoms with van der Waals surface area (Å²) in [5.74, 6) is 1.47. The molecule has 3 rings (SSSR count). The summed E-state index contributed by atoms with van der Waals surface area (Å²) in [6.45, 7) is 10.5. The molecule has 1 aliphatic heterocycles. The maximum absolute atomic E-state index is 6.08. The molecule has 2 nitrogen and oxygen atoms in total. The van der Waals surface area contributed by atoms with Crippen molar-refractivity contribution in [2.75, 3.05) is 18.1 Å². The van der Waals surface area contributed by atoms with Gasteiger partial charge in [-0.3, -0.25) is 0 Å².